The van der Waals surface area contributed by atoms with Crippen LogP contribution in [0.15, 0.2) is 23.1 Å². The van der Waals surface area contributed by atoms with Crippen LogP contribution in [0.5, 0.6) is 0 Å². The normalized spacial score (nSPS) is 9.80. The van der Waals surface area contributed by atoms with Crippen LogP contribution in [0, 0.1) is 0 Å². The fourth-order valence-electron chi connectivity index (χ4n) is 0.649. The Morgan fingerprint density at radius 2 is 2.20 bits per heavy atom. The molecule has 1 rings (SSSR count). The number of benzene rings is 1. The summed E-state index contributed by atoms with van der Waals surface area (Å²) in [5, 5.41) is 0.623. The van der Waals surface area contributed by atoms with Crippen LogP contribution in [0.3, 0.4) is 0 Å². The van der Waals surface area contributed by atoms with Crippen molar-refractivity contribution in [1.29, 1.82) is 0 Å². The largest absolute Gasteiger partial charge is 0.397 e. The van der Waals surface area contributed by atoms with E-state index in [0.29, 0.717) is 10.7 Å². The molecule has 1 aromatic rings. The zero-order valence-corrected chi connectivity index (χ0v) is 7.17. The van der Waals surface area contributed by atoms with Gasteiger partial charge in [-0.2, -0.15) is 0 Å². The maximum atomic E-state index is 5.70. The van der Waals surface area contributed by atoms with Gasteiger partial charge in [-0.15, -0.1) is 11.8 Å². The molecule has 0 unspecified atom stereocenters. The lowest BCUT2D eigenvalue weighted by Gasteiger charge is -1.99. The van der Waals surface area contributed by atoms with Crippen LogP contribution in [0.25, 0.3) is 0 Å². The molecule has 0 aliphatic rings. The van der Waals surface area contributed by atoms with Gasteiger partial charge in [0, 0.05) is 4.90 Å². The fraction of sp³-hybridized carbons (Fsp3) is 0.143. The number of nitrogens with two attached hydrogens (primary N) is 1. The van der Waals surface area contributed by atoms with Crippen LogP contribution in [0.2, 0.25) is 5.02 Å². The Morgan fingerprint density at radius 3 is 2.70 bits per heavy atom. The Balaban J connectivity index is 3.04. The van der Waals surface area contributed by atoms with Crippen LogP contribution in [-0.4, -0.2) is 6.26 Å². The second kappa shape index (κ2) is 3.17. The molecule has 0 saturated heterocycles. The Labute approximate surface area is 69.6 Å². The van der Waals surface area contributed by atoms with Gasteiger partial charge in [-0.05, 0) is 24.5 Å². The molecule has 54 valence electrons. The third-order valence-corrected chi connectivity index (χ3v) is 2.27. The summed E-state index contributed by atoms with van der Waals surface area (Å²) in [7, 11) is 0. The number of nitrogen functional groups attached to an aromatic ring is 1. The summed E-state index contributed by atoms with van der Waals surface area (Å²) in [4.78, 5) is 1.14. The molecule has 0 saturated carbocycles. The average Bonchev–Trinajstić information content (AvgIpc) is 1.95. The quantitative estimate of drug-likeness (QED) is 0.522. The van der Waals surface area contributed by atoms with E-state index >= 15 is 0 Å². The summed E-state index contributed by atoms with van der Waals surface area (Å²) in [6.45, 7) is 0. The van der Waals surface area contributed by atoms with Crippen molar-refractivity contribution in [3.63, 3.8) is 0 Å². The Bertz CT molecular complexity index is 237. The number of halogens is 1. The molecule has 0 bridgehead atoms. The van der Waals surface area contributed by atoms with Gasteiger partial charge in [0.15, 0.2) is 0 Å². The van der Waals surface area contributed by atoms with Crippen molar-refractivity contribution in [3.05, 3.63) is 23.2 Å². The zero-order valence-electron chi connectivity index (χ0n) is 5.60. The van der Waals surface area contributed by atoms with Crippen LogP contribution < -0.4 is 5.73 Å². The van der Waals surface area contributed by atoms with E-state index in [9.17, 15) is 0 Å². The minimum atomic E-state index is 0.623. The number of hydrogen-bond donors (Lipinski definition) is 1. The van der Waals surface area contributed by atoms with Crippen molar-refractivity contribution >= 4 is 29.1 Å². The van der Waals surface area contributed by atoms with Gasteiger partial charge in [-0.25, -0.2) is 0 Å². The molecule has 0 fully saturated rings. The van der Waals surface area contributed by atoms with E-state index in [1.54, 1.807) is 11.8 Å². The van der Waals surface area contributed by atoms with Gasteiger partial charge >= 0.3 is 0 Å². The summed E-state index contributed by atoms with van der Waals surface area (Å²) in [6.07, 6.45) is 2.00. The van der Waals surface area contributed by atoms with Crippen molar-refractivity contribution in [1.82, 2.24) is 0 Å². The first-order chi connectivity index (χ1) is 4.74. The summed E-state index contributed by atoms with van der Waals surface area (Å²) in [5.74, 6) is 0. The Kier molecular flexibility index (Phi) is 2.46. The molecule has 1 aromatic carbocycles. The third-order valence-electron chi connectivity index (χ3n) is 1.20. The van der Waals surface area contributed by atoms with Crippen LogP contribution in [-0.2, 0) is 0 Å². The van der Waals surface area contributed by atoms with E-state index in [-0.39, 0.29) is 0 Å². The maximum Gasteiger partial charge on any atom is 0.0636 e. The van der Waals surface area contributed by atoms with Gasteiger partial charge in [0.25, 0.3) is 0 Å². The number of hydrogen-bond acceptors (Lipinski definition) is 2. The monoisotopic (exact) mass is 173 g/mol. The highest BCUT2D eigenvalue weighted by Gasteiger charge is 1.95. The van der Waals surface area contributed by atoms with Gasteiger partial charge in [-0.3, -0.25) is 0 Å². The molecule has 0 aromatic heterocycles. The van der Waals surface area contributed by atoms with Gasteiger partial charge in [-0.1, -0.05) is 11.6 Å². The molecule has 0 radical (unpaired) electrons. The first-order valence-corrected chi connectivity index (χ1v) is 4.43. The predicted molar refractivity (Wildman–Crippen MR) is 47.6 cm³/mol. The number of thioether (sulfide) groups is 1. The third kappa shape index (κ3) is 1.58. The molecule has 0 spiro atoms. The van der Waals surface area contributed by atoms with Crippen LogP contribution in [0.4, 0.5) is 5.69 Å². The molecule has 0 atom stereocenters. The molecule has 0 heterocycles. The summed E-state index contributed by atoms with van der Waals surface area (Å²) in [6, 6.07) is 5.62. The molecular weight excluding hydrogens is 166 g/mol. The standard InChI is InChI=1S/C7H8ClNS/c1-10-5-2-3-6(8)7(9)4-5/h2-4H,9H2,1H3. The van der Waals surface area contributed by atoms with Crippen molar-refractivity contribution in [2.45, 2.75) is 4.90 Å². The number of rotatable bonds is 1. The van der Waals surface area contributed by atoms with E-state index in [1.807, 2.05) is 24.5 Å². The molecule has 0 aliphatic heterocycles. The van der Waals surface area contributed by atoms with E-state index < -0.39 is 0 Å². The van der Waals surface area contributed by atoms with Crippen molar-refractivity contribution < 1.29 is 0 Å². The summed E-state index contributed by atoms with van der Waals surface area (Å²) in [5.41, 5.74) is 6.20. The van der Waals surface area contributed by atoms with Gasteiger partial charge < -0.3 is 5.73 Å². The minimum absolute atomic E-state index is 0.623. The van der Waals surface area contributed by atoms with E-state index in [1.165, 1.54) is 0 Å². The maximum absolute atomic E-state index is 5.70. The Hall–Kier alpha value is -0.340. The molecule has 1 nitrogen and oxygen atoms in total. The van der Waals surface area contributed by atoms with Gasteiger partial charge in [0.05, 0.1) is 10.7 Å². The minimum Gasteiger partial charge on any atom is -0.397 e. The van der Waals surface area contributed by atoms with Crippen molar-refractivity contribution in [2.75, 3.05) is 12.0 Å². The lowest BCUT2D eigenvalue weighted by atomic mass is 10.3. The highest BCUT2D eigenvalue weighted by atomic mass is 35.5. The van der Waals surface area contributed by atoms with Crippen LogP contribution in [0.1, 0.15) is 0 Å². The van der Waals surface area contributed by atoms with E-state index in [2.05, 4.69) is 0 Å². The van der Waals surface area contributed by atoms with Gasteiger partial charge in [0.1, 0.15) is 0 Å². The lowest BCUT2D eigenvalue weighted by Crippen LogP contribution is -1.85. The van der Waals surface area contributed by atoms with Crippen molar-refractivity contribution in [3.8, 4) is 0 Å². The highest BCUT2D eigenvalue weighted by molar-refractivity contribution is 7.98. The molecule has 0 aliphatic carbocycles. The fourth-order valence-corrected chi connectivity index (χ4v) is 1.22. The van der Waals surface area contributed by atoms with E-state index in [0.717, 1.165) is 4.90 Å². The number of anilines is 1. The first kappa shape index (κ1) is 7.76. The smallest absolute Gasteiger partial charge is 0.0636 e. The summed E-state index contributed by atoms with van der Waals surface area (Å²) < 4.78 is 0. The van der Waals surface area contributed by atoms with E-state index in [4.69, 9.17) is 17.3 Å². The second-order valence-corrected chi connectivity index (χ2v) is 3.17. The van der Waals surface area contributed by atoms with Gasteiger partial charge in [0.2, 0.25) is 0 Å². The zero-order chi connectivity index (χ0) is 7.56. The van der Waals surface area contributed by atoms with Crippen LogP contribution >= 0.6 is 23.4 Å². The molecular formula is C7H8ClNS. The van der Waals surface area contributed by atoms with Crippen molar-refractivity contribution in [2.24, 2.45) is 0 Å². The molecule has 0 amide bonds. The lowest BCUT2D eigenvalue weighted by molar-refractivity contribution is 1.47. The molecule has 10 heavy (non-hydrogen) atoms. The first-order valence-electron chi connectivity index (χ1n) is 2.83. The molecule has 3 heteroatoms. The summed E-state index contributed by atoms with van der Waals surface area (Å²) >= 11 is 7.36. The SMILES string of the molecule is CSc1ccc(Cl)c(N)c1. The topological polar surface area (TPSA) is 26.0 Å². The molecule has 2 N–H and O–H groups in total. The Morgan fingerprint density at radius 1 is 1.50 bits per heavy atom. The second-order valence-electron chi connectivity index (χ2n) is 1.89. The highest BCUT2D eigenvalue weighted by Crippen LogP contribution is 2.24. The average molecular weight is 174 g/mol. The predicted octanol–water partition coefficient (Wildman–Crippen LogP) is 2.64.